The van der Waals surface area contributed by atoms with Gasteiger partial charge in [0.15, 0.2) is 0 Å². The molecule has 1 fully saturated rings. The summed E-state index contributed by atoms with van der Waals surface area (Å²) in [5.74, 6) is 0.866. The monoisotopic (exact) mass is 207 g/mol. The molecular formula is C12H17NO2. The molecule has 82 valence electrons. The van der Waals surface area contributed by atoms with E-state index in [0.29, 0.717) is 6.61 Å². The van der Waals surface area contributed by atoms with E-state index in [1.165, 1.54) is 0 Å². The fourth-order valence-corrected chi connectivity index (χ4v) is 1.75. The first-order valence-corrected chi connectivity index (χ1v) is 5.37. The zero-order valence-corrected chi connectivity index (χ0v) is 9.03. The van der Waals surface area contributed by atoms with Crippen LogP contribution in [0, 0.1) is 6.92 Å². The molecule has 1 atom stereocenters. The van der Waals surface area contributed by atoms with E-state index in [9.17, 15) is 0 Å². The minimum atomic E-state index is 0.255. The van der Waals surface area contributed by atoms with Crippen LogP contribution in [-0.4, -0.2) is 19.3 Å². The van der Waals surface area contributed by atoms with Gasteiger partial charge >= 0.3 is 0 Å². The summed E-state index contributed by atoms with van der Waals surface area (Å²) in [6.07, 6.45) is 2.50. The predicted molar refractivity (Wildman–Crippen MR) is 60.1 cm³/mol. The summed E-state index contributed by atoms with van der Waals surface area (Å²) >= 11 is 0. The number of hydrogen-bond donors (Lipinski definition) is 1. The summed E-state index contributed by atoms with van der Waals surface area (Å²) in [4.78, 5) is 0. The number of hydrogen-bond acceptors (Lipinski definition) is 3. The average molecular weight is 207 g/mol. The van der Waals surface area contributed by atoms with Gasteiger partial charge in [0.05, 0.1) is 6.10 Å². The van der Waals surface area contributed by atoms with E-state index in [1.54, 1.807) is 0 Å². The zero-order chi connectivity index (χ0) is 10.7. The SMILES string of the molecule is Cc1c(N)cccc1OCC1CCCO1. The number of nitrogen functional groups attached to an aromatic ring is 1. The van der Waals surface area contributed by atoms with Crippen LogP contribution in [0.2, 0.25) is 0 Å². The molecule has 0 amide bonds. The van der Waals surface area contributed by atoms with Crippen molar-refractivity contribution in [3.8, 4) is 5.75 Å². The molecule has 3 nitrogen and oxygen atoms in total. The van der Waals surface area contributed by atoms with E-state index in [-0.39, 0.29) is 6.10 Å². The van der Waals surface area contributed by atoms with Crippen molar-refractivity contribution in [2.45, 2.75) is 25.9 Å². The maximum atomic E-state index is 5.79. The standard InChI is InChI=1S/C12H17NO2/c1-9-11(13)5-2-6-12(9)15-8-10-4-3-7-14-10/h2,5-6,10H,3-4,7-8,13H2,1H3. The van der Waals surface area contributed by atoms with Gasteiger partial charge in [0.1, 0.15) is 12.4 Å². The Kier molecular flexibility index (Phi) is 3.11. The third-order valence-electron chi connectivity index (χ3n) is 2.77. The second-order valence-corrected chi connectivity index (χ2v) is 3.92. The molecular weight excluding hydrogens is 190 g/mol. The summed E-state index contributed by atoms with van der Waals surface area (Å²) in [6, 6.07) is 5.74. The van der Waals surface area contributed by atoms with Crippen molar-refractivity contribution in [1.29, 1.82) is 0 Å². The quantitative estimate of drug-likeness (QED) is 0.772. The van der Waals surface area contributed by atoms with Crippen LogP contribution in [0.15, 0.2) is 18.2 Å². The van der Waals surface area contributed by atoms with Crippen molar-refractivity contribution in [3.05, 3.63) is 23.8 Å². The lowest BCUT2D eigenvalue weighted by atomic mass is 10.2. The Bertz CT molecular complexity index is 332. The Labute approximate surface area is 90.2 Å². The lowest BCUT2D eigenvalue weighted by molar-refractivity contribution is 0.0677. The van der Waals surface area contributed by atoms with E-state index in [4.69, 9.17) is 15.2 Å². The largest absolute Gasteiger partial charge is 0.491 e. The smallest absolute Gasteiger partial charge is 0.124 e. The van der Waals surface area contributed by atoms with E-state index < -0.39 is 0 Å². The highest BCUT2D eigenvalue weighted by Gasteiger charge is 2.16. The maximum Gasteiger partial charge on any atom is 0.124 e. The Morgan fingerprint density at radius 3 is 3.13 bits per heavy atom. The molecule has 1 saturated heterocycles. The van der Waals surface area contributed by atoms with Crippen LogP contribution in [0.5, 0.6) is 5.75 Å². The van der Waals surface area contributed by atoms with Crippen LogP contribution in [0.4, 0.5) is 5.69 Å². The van der Waals surface area contributed by atoms with Crippen LogP contribution in [0.25, 0.3) is 0 Å². The summed E-state index contributed by atoms with van der Waals surface area (Å²) < 4.78 is 11.2. The highest BCUT2D eigenvalue weighted by molar-refractivity contribution is 5.53. The third-order valence-corrected chi connectivity index (χ3v) is 2.77. The summed E-state index contributed by atoms with van der Waals surface area (Å²) in [5, 5.41) is 0. The average Bonchev–Trinajstić information content (AvgIpc) is 2.73. The molecule has 0 aliphatic carbocycles. The first-order chi connectivity index (χ1) is 7.27. The fourth-order valence-electron chi connectivity index (χ4n) is 1.75. The number of nitrogens with two attached hydrogens (primary N) is 1. The van der Waals surface area contributed by atoms with Crippen molar-refractivity contribution in [2.75, 3.05) is 18.9 Å². The van der Waals surface area contributed by atoms with E-state index in [0.717, 1.165) is 36.4 Å². The summed E-state index contributed by atoms with van der Waals surface area (Å²) in [6.45, 7) is 3.47. The second-order valence-electron chi connectivity index (χ2n) is 3.92. The van der Waals surface area contributed by atoms with Gasteiger partial charge in [-0.2, -0.15) is 0 Å². The van der Waals surface area contributed by atoms with Crippen molar-refractivity contribution in [1.82, 2.24) is 0 Å². The molecule has 0 bridgehead atoms. The summed E-state index contributed by atoms with van der Waals surface area (Å²) in [5.41, 5.74) is 7.58. The van der Waals surface area contributed by atoms with Gasteiger partial charge in [0.2, 0.25) is 0 Å². The van der Waals surface area contributed by atoms with Gasteiger partial charge < -0.3 is 15.2 Å². The Hall–Kier alpha value is -1.22. The highest BCUT2D eigenvalue weighted by atomic mass is 16.5. The Morgan fingerprint density at radius 2 is 2.40 bits per heavy atom. The second kappa shape index (κ2) is 4.53. The molecule has 2 N–H and O–H groups in total. The molecule has 2 rings (SSSR count). The van der Waals surface area contributed by atoms with Crippen molar-refractivity contribution in [3.63, 3.8) is 0 Å². The minimum Gasteiger partial charge on any atom is -0.491 e. The van der Waals surface area contributed by atoms with E-state index in [1.807, 2.05) is 25.1 Å². The van der Waals surface area contributed by atoms with Crippen molar-refractivity contribution < 1.29 is 9.47 Å². The molecule has 0 spiro atoms. The van der Waals surface area contributed by atoms with Gasteiger partial charge in [0.25, 0.3) is 0 Å². The Balaban J connectivity index is 1.95. The molecule has 1 aromatic rings. The minimum absolute atomic E-state index is 0.255. The van der Waals surface area contributed by atoms with Gasteiger partial charge in [-0.15, -0.1) is 0 Å². The number of ether oxygens (including phenoxy) is 2. The molecule has 1 aromatic carbocycles. The van der Waals surface area contributed by atoms with Crippen LogP contribution in [0.3, 0.4) is 0 Å². The van der Waals surface area contributed by atoms with Crippen molar-refractivity contribution in [2.24, 2.45) is 0 Å². The highest BCUT2D eigenvalue weighted by Crippen LogP contribution is 2.23. The third kappa shape index (κ3) is 2.42. The fraction of sp³-hybridized carbons (Fsp3) is 0.500. The molecule has 0 saturated carbocycles. The molecule has 15 heavy (non-hydrogen) atoms. The van der Waals surface area contributed by atoms with Gasteiger partial charge in [0, 0.05) is 17.9 Å². The number of benzene rings is 1. The molecule has 1 unspecified atom stereocenters. The van der Waals surface area contributed by atoms with Crippen LogP contribution >= 0.6 is 0 Å². The lowest BCUT2D eigenvalue weighted by Gasteiger charge is -2.13. The Morgan fingerprint density at radius 1 is 1.53 bits per heavy atom. The first kappa shape index (κ1) is 10.3. The maximum absolute atomic E-state index is 5.79. The first-order valence-electron chi connectivity index (χ1n) is 5.37. The number of rotatable bonds is 3. The number of anilines is 1. The van der Waals surface area contributed by atoms with Crippen LogP contribution < -0.4 is 10.5 Å². The molecule has 1 aliphatic heterocycles. The van der Waals surface area contributed by atoms with E-state index >= 15 is 0 Å². The molecule has 0 aromatic heterocycles. The van der Waals surface area contributed by atoms with Gasteiger partial charge in [-0.1, -0.05) is 6.07 Å². The molecule has 1 heterocycles. The van der Waals surface area contributed by atoms with Crippen molar-refractivity contribution >= 4 is 5.69 Å². The van der Waals surface area contributed by atoms with Gasteiger partial charge in [-0.25, -0.2) is 0 Å². The van der Waals surface area contributed by atoms with E-state index in [2.05, 4.69) is 0 Å². The normalized spacial score (nSPS) is 20.5. The molecule has 0 radical (unpaired) electrons. The van der Waals surface area contributed by atoms with Crippen LogP contribution in [-0.2, 0) is 4.74 Å². The molecule has 1 aliphatic rings. The van der Waals surface area contributed by atoms with Gasteiger partial charge in [-0.05, 0) is 31.9 Å². The zero-order valence-electron chi connectivity index (χ0n) is 9.03. The topological polar surface area (TPSA) is 44.5 Å². The predicted octanol–water partition coefficient (Wildman–Crippen LogP) is 2.14. The summed E-state index contributed by atoms with van der Waals surface area (Å²) in [7, 11) is 0. The van der Waals surface area contributed by atoms with Crippen LogP contribution in [0.1, 0.15) is 18.4 Å². The molecule has 3 heteroatoms. The lowest BCUT2D eigenvalue weighted by Crippen LogP contribution is -2.16. The van der Waals surface area contributed by atoms with Gasteiger partial charge in [-0.3, -0.25) is 0 Å².